The van der Waals surface area contributed by atoms with E-state index in [9.17, 15) is 0 Å². The van der Waals surface area contributed by atoms with E-state index in [1.807, 2.05) is 0 Å². The maximum absolute atomic E-state index is 6.02. The van der Waals surface area contributed by atoms with Crippen LogP contribution in [0.25, 0.3) is 0 Å². The van der Waals surface area contributed by atoms with E-state index in [-0.39, 0.29) is 6.10 Å². The van der Waals surface area contributed by atoms with Gasteiger partial charge in [0.1, 0.15) is 24.6 Å². The SMILES string of the molecule is c1cc(OC[C@@H]2CO2)c2c(c1)C(OCC1CO1)CCC2. The summed E-state index contributed by atoms with van der Waals surface area (Å²) in [5, 5.41) is 0. The molecule has 0 radical (unpaired) electrons. The number of hydrogen-bond acceptors (Lipinski definition) is 4. The zero-order valence-corrected chi connectivity index (χ0v) is 11.5. The Kier molecular flexibility index (Phi) is 3.38. The number of fused-ring (bicyclic) bond motifs is 1. The zero-order valence-electron chi connectivity index (χ0n) is 11.5. The Hall–Kier alpha value is -1.10. The van der Waals surface area contributed by atoms with Crippen LogP contribution in [0.1, 0.15) is 30.1 Å². The standard InChI is InChI=1S/C16H20O4/c1-3-13-14(15(5-1)19-9-11-7-17-11)4-2-6-16(13)20-10-12-8-18-12/h1,3,5,11-12,16H,2,4,6-10H2/t11-,12?,16?/m0/s1. The van der Waals surface area contributed by atoms with Gasteiger partial charge in [0, 0.05) is 0 Å². The van der Waals surface area contributed by atoms with Gasteiger partial charge < -0.3 is 18.9 Å². The highest BCUT2D eigenvalue weighted by molar-refractivity contribution is 5.43. The van der Waals surface area contributed by atoms with Crippen LogP contribution in [0.5, 0.6) is 5.75 Å². The van der Waals surface area contributed by atoms with Gasteiger partial charge in [0.2, 0.25) is 0 Å². The molecule has 0 bridgehead atoms. The largest absolute Gasteiger partial charge is 0.490 e. The Morgan fingerprint density at radius 2 is 1.90 bits per heavy atom. The van der Waals surface area contributed by atoms with Crippen molar-refractivity contribution >= 4 is 0 Å². The van der Waals surface area contributed by atoms with E-state index in [0.717, 1.165) is 38.2 Å². The molecule has 4 heteroatoms. The summed E-state index contributed by atoms with van der Waals surface area (Å²) in [6, 6.07) is 6.30. The molecule has 0 amide bonds. The molecule has 1 aromatic carbocycles. The summed E-state index contributed by atoms with van der Waals surface area (Å²) in [6.45, 7) is 3.06. The average molecular weight is 276 g/mol. The lowest BCUT2D eigenvalue weighted by atomic mass is 9.88. The fourth-order valence-electron chi connectivity index (χ4n) is 2.81. The molecule has 1 aromatic rings. The van der Waals surface area contributed by atoms with Gasteiger partial charge in [-0.15, -0.1) is 0 Å². The van der Waals surface area contributed by atoms with Crippen molar-refractivity contribution in [3.63, 3.8) is 0 Å². The number of hydrogen-bond donors (Lipinski definition) is 0. The second kappa shape index (κ2) is 5.35. The van der Waals surface area contributed by atoms with E-state index in [2.05, 4.69) is 18.2 Å². The first-order valence-electron chi connectivity index (χ1n) is 7.49. The third-order valence-electron chi connectivity index (χ3n) is 4.12. The third kappa shape index (κ3) is 2.82. The van der Waals surface area contributed by atoms with Crippen LogP contribution in [-0.2, 0) is 20.6 Å². The molecule has 3 aliphatic rings. The summed E-state index contributed by atoms with van der Waals surface area (Å²) < 4.78 is 22.4. The maximum atomic E-state index is 6.02. The van der Waals surface area contributed by atoms with Crippen LogP contribution in [0.2, 0.25) is 0 Å². The third-order valence-corrected chi connectivity index (χ3v) is 4.12. The highest BCUT2D eigenvalue weighted by atomic mass is 16.6. The first-order valence-corrected chi connectivity index (χ1v) is 7.49. The molecule has 108 valence electrons. The van der Waals surface area contributed by atoms with Crippen molar-refractivity contribution in [3.8, 4) is 5.75 Å². The molecule has 0 spiro atoms. The molecular formula is C16H20O4. The highest BCUT2D eigenvalue weighted by Crippen LogP contribution is 2.38. The second-order valence-electron chi connectivity index (χ2n) is 5.76. The molecule has 0 aromatic heterocycles. The van der Waals surface area contributed by atoms with Gasteiger partial charge in [0.25, 0.3) is 0 Å². The van der Waals surface area contributed by atoms with Gasteiger partial charge in [-0.05, 0) is 36.5 Å². The summed E-state index contributed by atoms with van der Waals surface area (Å²) in [4.78, 5) is 0. The van der Waals surface area contributed by atoms with Gasteiger partial charge >= 0.3 is 0 Å². The van der Waals surface area contributed by atoms with E-state index >= 15 is 0 Å². The Morgan fingerprint density at radius 1 is 1.10 bits per heavy atom. The van der Waals surface area contributed by atoms with Gasteiger partial charge in [-0.2, -0.15) is 0 Å². The molecule has 2 unspecified atom stereocenters. The molecule has 0 N–H and O–H groups in total. The van der Waals surface area contributed by atoms with Crippen LogP contribution in [0.4, 0.5) is 0 Å². The molecule has 20 heavy (non-hydrogen) atoms. The van der Waals surface area contributed by atoms with Crippen LogP contribution < -0.4 is 4.74 Å². The van der Waals surface area contributed by atoms with Crippen molar-refractivity contribution in [1.29, 1.82) is 0 Å². The van der Waals surface area contributed by atoms with Crippen molar-refractivity contribution in [1.82, 2.24) is 0 Å². The minimum atomic E-state index is 0.198. The van der Waals surface area contributed by atoms with Crippen LogP contribution in [0, 0.1) is 0 Å². The monoisotopic (exact) mass is 276 g/mol. The van der Waals surface area contributed by atoms with Crippen molar-refractivity contribution in [2.75, 3.05) is 26.4 Å². The summed E-state index contributed by atoms with van der Waals surface area (Å²) in [7, 11) is 0. The predicted molar refractivity (Wildman–Crippen MR) is 73.0 cm³/mol. The van der Waals surface area contributed by atoms with Crippen molar-refractivity contribution in [2.24, 2.45) is 0 Å². The van der Waals surface area contributed by atoms with Crippen molar-refractivity contribution in [3.05, 3.63) is 29.3 Å². The van der Waals surface area contributed by atoms with Crippen LogP contribution in [0.15, 0.2) is 18.2 Å². The lowest BCUT2D eigenvalue weighted by Crippen LogP contribution is -2.17. The van der Waals surface area contributed by atoms with Gasteiger partial charge in [-0.3, -0.25) is 0 Å². The second-order valence-corrected chi connectivity index (χ2v) is 5.76. The summed E-state index contributed by atoms with van der Waals surface area (Å²) >= 11 is 0. The van der Waals surface area contributed by atoms with E-state index in [4.69, 9.17) is 18.9 Å². The molecule has 2 heterocycles. The van der Waals surface area contributed by atoms with Crippen molar-refractivity contribution < 1.29 is 18.9 Å². The number of rotatable bonds is 6. The molecule has 0 saturated carbocycles. The predicted octanol–water partition coefficient (Wildman–Crippen LogP) is 2.26. The number of epoxide rings is 2. The Balaban J connectivity index is 1.48. The first kappa shape index (κ1) is 12.6. The van der Waals surface area contributed by atoms with Gasteiger partial charge in [-0.1, -0.05) is 12.1 Å². The molecule has 1 aliphatic carbocycles. The van der Waals surface area contributed by atoms with Gasteiger partial charge in [-0.25, -0.2) is 0 Å². The van der Waals surface area contributed by atoms with E-state index in [0.29, 0.717) is 25.4 Å². The molecule has 4 rings (SSSR count). The number of ether oxygens (including phenoxy) is 4. The maximum Gasteiger partial charge on any atom is 0.122 e. The van der Waals surface area contributed by atoms with Gasteiger partial charge in [0.15, 0.2) is 0 Å². The zero-order chi connectivity index (χ0) is 13.4. The lowest BCUT2D eigenvalue weighted by molar-refractivity contribution is 0.0306. The molecule has 2 fully saturated rings. The van der Waals surface area contributed by atoms with Crippen LogP contribution in [0.3, 0.4) is 0 Å². The fraction of sp³-hybridized carbons (Fsp3) is 0.625. The summed E-state index contributed by atoms with van der Waals surface area (Å²) in [6.07, 6.45) is 4.15. The smallest absolute Gasteiger partial charge is 0.122 e. The molecule has 3 atom stereocenters. The average Bonchev–Trinajstić information content (AvgIpc) is 3.37. The van der Waals surface area contributed by atoms with Crippen molar-refractivity contribution in [2.45, 2.75) is 37.6 Å². The molecule has 4 nitrogen and oxygen atoms in total. The highest BCUT2D eigenvalue weighted by Gasteiger charge is 2.29. The summed E-state index contributed by atoms with van der Waals surface area (Å²) in [5.74, 6) is 1.01. The van der Waals surface area contributed by atoms with Crippen LogP contribution in [-0.4, -0.2) is 38.6 Å². The Morgan fingerprint density at radius 3 is 2.70 bits per heavy atom. The quantitative estimate of drug-likeness (QED) is 0.748. The van der Waals surface area contributed by atoms with E-state index in [1.165, 1.54) is 11.1 Å². The normalized spacial score (nSPS) is 30.7. The molecule has 2 aliphatic heterocycles. The minimum Gasteiger partial charge on any atom is -0.490 e. The Bertz CT molecular complexity index is 479. The molecular weight excluding hydrogens is 256 g/mol. The lowest BCUT2D eigenvalue weighted by Gasteiger charge is -2.27. The Labute approximate surface area is 119 Å². The number of benzene rings is 1. The van der Waals surface area contributed by atoms with Crippen LogP contribution >= 0.6 is 0 Å². The van der Waals surface area contributed by atoms with E-state index < -0.39 is 0 Å². The minimum absolute atomic E-state index is 0.198. The fourth-order valence-corrected chi connectivity index (χ4v) is 2.81. The summed E-state index contributed by atoms with van der Waals surface area (Å²) in [5.41, 5.74) is 2.62. The topological polar surface area (TPSA) is 43.5 Å². The molecule has 2 saturated heterocycles. The first-order chi connectivity index (χ1) is 9.90. The van der Waals surface area contributed by atoms with E-state index in [1.54, 1.807) is 0 Å². The van der Waals surface area contributed by atoms with Gasteiger partial charge in [0.05, 0.1) is 25.9 Å².